The van der Waals surface area contributed by atoms with Gasteiger partial charge in [-0.25, -0.2) is 9.18 Å². The second kappa shape index (κ2) is 5.79. The number of benzene rings is 1. The molecule has 0 spiro atoms. The second-order valence-corrected chi connectivity index (χ2v) is 4.55. The lowest BCUT2D eigenvalue weighted by Gasteiger charge is -2.11. The van der Waals surface area contributed by atoms with Gasteiger partial charge in [-0.2, -0.15) is 0 Å². The second-order valence-electron chi connectivity index (χ2n) is 4.55. The van der Waals surface area contributed by atoms with E-state index in [0.717, 1.165) is 37.6 Å². The number of halogens is 1. The van der Waals surface area contributed by atoms with Gasteiger partial charge in [-0.15, -0.1) is 0 Å². The zero-order valence-corrected chi connectivity index (χ0v) is 10.3. The van der Waals surface area contributed by atoms with Gasteiger partial charge in [0.15, 0.2) is 0 Å². The van der Waals surface area contributed by atoms with Gasteiger partial charge in [-0.1, -0.05) is 0 Å². The van der Waals surface area contributed by atoms with Gasteiger partial charge in [-0.05, 0) is 37.6 Å². The predicted octanol–water partition coefficient (Wildman–Crippen LogP) is 1.60. The molecular formula is C13H15FN2O3. The van der Waals surface area contributed by atoms with Crippen LogP contribution in [0.2, 0.25) is 0 Å². The molecule has 1 aliphatic heterocycles. The summed E-state index contributed by atoms with van der Waals surface area (Å²) in [6.45, 7) is 0.890. The van der Waals surface area contributed by atoms with E-state index in [-0.39, 0.29) is 29.6 Å². The third-order valence-corrected chi connectivity index (χ3v) is 3.08. The van der Waals surface area contributed by atoms with Crippen molar-refractivity contribution in [2.75, 3.05) is 11.9 Å². The fourth-order valence-corrected chi connectivity index (χ4v) is 2.11. The monoisotopic (exact) mass is 266 g/mol. The standard InChI is InChI=1S/C13H15FN2O3/c14-10-4-3-8(13(18)19)6-11(10)16-12(17)7-9-2-1-5-15-9/h3-4,6,9,15H,1-2,5,7H2,(H,16,17)(H,18,19). The molecule has 0 bridgehead atoms. The molecule has 0 aliphatic carbocycles. The van der Waals surface area contributed by atoms with E-state index < -0.39 is 11.8 Å². The minimum atomic E-state index is -1.16. The summed E-state index contributed by atoms with van der Waals surface area (Å²) in [6, 6.07) is 3.43. The average Bonchev–Trinajstić information content (AvgIpc) is 2.84. The van der Waals surface area contributed by atoms with Crippen molar-refractivity contribution in [2.24, 2.45) is 0 Å². The maximum atomic E-state index is 13.5. The van der Waals surface area contributed by atoms with E-state index in [2.05, 4.69) is 10.6 Å². The molecule has 2 rings (SSSR count). The Balaban J connectivity index is 2.02. The largest absolute Gasteiger partial charge is 0.478 e. The molecule has 1 aliphatic rings. The Hall–Kier alpha value is -1.95. The zero-order valence-electron chi connectivity index (χ0n) is 10.3. The number of carboxylic acids is 1. The first-order valence-electron chi connectivity index (χ1n) is 6.12. The molecule has 0 aromatic heterocycles. The number of nitrogens with one attached hydrogen (secondary N) is 2. The number of amides is 1. The molecular weight excluding hydrogens is 251 g/mol. The van der Waals surface area contributed by atoms with Gasteiger partial charge in [0.25, 0.3) is 0 Å². The highest BCUT2D eigenvalue weighted by molar-refractivity contribution is 5.94. The first-order chi connectivity index (χ1) is 9.06. The predicted molar refractivity (Wildman–Crippen MR) is 67.6 cm³/mol. The Kier molecular flexibility index (Phi) is 4.11. The van der Waals surface area contributed by atoms with Crippen LogP contribution in [-0.2, 0) is 4.79 Å². The van der Waals surface area contributed by atoms with Crippen LogP contribution >= 0.6 is 0 Å². The van der Waals surface area contributed by atoms with Crippen LogP contribution < -0.4 is 10.6 Å². The highest BCUT2D eigenvalue weighted by Crippen LogP contribution is 2.17. The van der Waals surface area contributed by atoms with Crippen molar-refractivity contribution in [3.63, 3.8) is 0 Å². The summed E-state index contributed by atoms with van der Waals surface area (Å²) >= 11 is 0. The summed E-state index contributed by atoms with van der Waals surface area (Å²) < 4.78 is 13.5. The van der Waals surface area contributed by atoms with E-state index in [1.807, 2.05) is 0 Å². The van der Waals surface area contributed by atoms with Crippen LogP contribution in [0, 0.1) is 5.82 Å². The Bertz CT molecular complexity index is 499. The van der Waals surface area contributed by atoms with E-state index in [0.29, 0.717) is 0 Å². The van der Waals surface area contributed by atoms with Gasteiger partial charge < -0.3 is 15.7 Å². The normalized spacial score (nSPS) is 18.3. The third-order valence-electron chi connectivity index (χ3n) is 3.08. The van der Waals surface area contributed by atoms with Crippen LogP contribution in [0.1, 0.15) is 29.6 Å². The summed E-state index contributed by atoms with van der Waals surface area (Å²) in [6.07, 6.45) is 2.21. The molecule has 0 radical (unpaired) electrons. The SMILES string of the molecule is O=C(CC1CCCN1)Nc1cc(C(=O)O)ccc1F. The number of carbonyl (C=O) groups is 2. The van der Waals surface area contributed by atoms with E-state index >= 15 is 0 Å². The van der Waals surface area contributed by atoms with Gasteiger partial charge in [0, 0.05) is 12.5 Å². The van der Waals surface area contributed by atoms with Gasteiger partial charge in [-0.3, -0.25) is 4.79 Å². The Morgan fingerprint density at radius 2 is 2.26 bits per heavy atom. The minimum absolute atomic E-state index is 0.0595. The van der Waals surface area contributed by atoms with Crippen LogP contribution in [0.3, 0.4) is 0 Å². The van der Waals surface area contributed by atoms with Crippen LogP contribution in [0.25, 0.3) is 0 Å². The van der Waals surface area contributed by atoms with Crippen LogP contribution in [0.15, 0.2) is 18.2 Å². The molecule has 1 fully saturated rings. The van der Waals surface area contributed by atoms with Crippen molar-refractivity contribution in [3.05, 3.63) is 29.6 Å². The molecule has 6 heteroatoms. The summed E-state index contributed by atoms with van der Waals surface area (Å²) in [7, 11) is 0. The van der Waals surface area contributed by atoms with E-state index in [4.69, 9.17) is 5.11 Å². The van der Waals surface area contributed by atoms with Gasteiger partial charge in [0.1, 0.15) is 5.82 Å². The minimum Gasteiger partial charge on any atom is -0.478 e. The third kappa shape index (κ3) is 3.51. The fourth-order valence-electron chi connectivity index (χ4n) is 2.11. The molecule has 1 saturated heterocycles. The van der Waals surface area contributed by atoms with Crippen molar-refractivity contribution in [2.45, 2.75) is 25.3 Å². The topological polar surface area (TPSA) is 78.4 Å². The molecule has 1 atom stereocenters. The molecule has 102 valence electrons. The molecule has 1 aromatic carbocycles. The molecule has 3 N–H and O–H groups in total. The molecule has 19 heavy (non-hydrogen) atoms. The lowest BCUT2D eigenvalue weighted by atomic mass is 10.1. The summed E-state index contributed by atoms with van der Waals surface area (Å²) in [5.41, 5.74) is -0.154. The number of rotatable bonds is 4. The summed E-state index contributed by atoms with van der Waals surface area (Å²) in [4.78, 5) is 22.5. The Labute approximate surface area is 109 Å². The van der Waals surface area contributed by atoms with Crippen molar-refractivity contribution in [1.29, 1.82) is 0 Å². The fraction of sp³-hybridized carbons (Fsp3) is 0.385. The quantitative estimate of drug-likeness (QED) is 0.773. The van der Waals surface area contributed by atoms with Crippen molar-refractivity contribution < 1.29 is 19.1 Å². The summed E-state index contributed by atoms with van der Waals surface area (Å²) in [5.74, 6) is -2.12. The average molecular weight is 266 g/mol. The van der Waals surface area contributed by atoms with Gasteiger partial charge >= 0.3 is 5.97 Å². The first kappa shape index (κ1) is 13.5. The maximum Gasteiger partial charge on any atom is 0.335 e. The zero-order chi connectivity index (χ0) is 13.8. The number of aromatic carboxylic acids is 1. The van der Waals surface area contributed by atoms with Crippen molar-refractivity contribution in [3.8, 4) is 0 Å². The van der Waals surface area contributed by atoms with Crippen molar-refractivity contribution in [1.82, 2.24) is 5.32 Å². The molecule has 1 unspecified atom stereocenters. The lowest BCUT2D eigenvalue weighted by molar-refractivity contribution is -0.116. The Morgan fingerprint density at radius 1 is 1.47 bits per heavy atom. The van der Waals surface area contributed by atoms with E-state index in [1.54, 1.807) is 0 Å². The van der Waals surface area contributed by atoms with E-state index in [1.165, 1.54) is 0 Å². The maximum absolute atomic E-state index is 13.5. The van der Waals surface area contributed by atoms with Crippen LogP contribution in [0.4, 0.5) is 10.1 Å². The number of hydrogen-bond donors (Lipinski definition) is 3. The van der Waals surface area contributed by atoms with Gasteiger partial charge in [0.2, 0.25) is 5.91 Å². The molecule has 5 nitrogen and oxygen atoms in total. The molecule has 1 amide bonds. The smallest absolute Gasteiger partial charge is 0.335 e. The number of hydrogen-bond acceptors (Lipinski definition) is 3. The number of carbonyl (C=O) groups excluding carboxylic acids is 1. The molecule has 1 aromatic rings. The van der Waals surface area contributed by atoms with E-state index in [9.17, 15) is 14.0 Å². The number of anilines is 1. The molecule has 1 heterocycles. The number of carboxylic acid groups (broad SMARTS) is 1. The van der Waals surface area contributed by atoms with Crippen LogP contribution in [-0.4, -0.2) is 29.6 Å². The Morgan fingerprint density at radius 3 is 2.89 bits per heavy atom. The van der Waals surface area contributed by atoms with Crippen molar-refractivity contribution >= 4 is 17.6 Å². The highest BCUT2D eigenvalue weighted by Gasteiger charge is 2.18. The summed E-state index contributed by atoms with van der Waals surface area (Å²) in [5, 5.41) is 14.4. The van der Waals surface area contributed by atoms with Crippen LogP contribution in [0.5, 0.6) is 0 Å². The first-order valence-corrected chi connectivity index (χ1v) is 6.12. The highest BCUT2D eigenvalue weighted by atomic mass is 19.1. The molecule has 0 saturated carbocycles. The van der Waals surface area contributed by atoms with Gasteiger partial charge in [0.05, 0.1) is 11.3 Å². The lowest BCUT2D eigenvalue weighted by Crippen LogP contribution is -2.27.